The smallest absolute Gasteiger partial charge is 0.105 e. The zero-order valence-corrected chi connectivity index (χ0v) is 10.0. The van der Waals surface area contributed by atoms with Crippen molar-refractivity contribution in [2.24, 2.45) is 5.84 Å². The average Bonchev–Trinajstić information content (AvgIpc) is 2.78. The summed E-state index contributed by atoms with van der Waals surface area (Å²) in [6.07, 6.45) is 3.67. The van der Waals surface area contributed by atoms with Crippen LogP contribution in [0.4, 0.5) is 0 Å². The Morgan fingerprint density at radius 3 is 2.59 bits per heavy atom. The molecule has 0 aliphatic heterocycles. The Hall–Kier alpha value is -1.58. The van der Waals surface area contributed by atoms with Gasteiger partial charge in [-0.05, 0) is 31.4 Å². The Morgan fingerprint density at radius 1 is 1.24 bits per heavy atom. The maximum Gasteiger partial charge on any atom is 0.105 e. The van der Waals surface area contributed by atoms with Gasteiger partial charge < -0.3 is 4.42 Å². The van der Waals surface area contributed by atoms with Crippen LogP contribution < -0.4 is 11.3 Å². The second kappa shape index (κ2) is 5.66. The fraction of sp³-hybridized carbons (Fsp3) is 0.286. The van der Waals surface area contributed by atoms with Gasteiger partial charge >= 0.3 is 0 Å². The molecule has 0 saturated heterocycles. The van der Waals surface area contributed by atoms with Crippen LogP contribution in [-0.4, -0.2) is 0 Å². The molecule has 2 aromatic rings. The highest BCUT2D eigenvalue weighted by Crippen LogP contribution is 2.22. The molecule has 0 spiro atoms. The summed E-state index contributed by atoms with van der Waals surface area (Å²) in [5, 5.41) is 0. The molecule has 3 nitrogen and oxygen atoms in total. The maximum atomic E-state index is 5.61. The number of hydrogen-bond donors (Lipinski definition) is 2. The van der Waals surface area contributed by atoms with Gasteiger partial charge in [-0.3, -0.25) is 11.3 Å². The van der Waals surface area contributed by atoms with E-state index < -0.39 is 0 Å². The van der Waals surface area contributed by atoms with E-state index in [1.807, 2.05) is 19.1 Å². The normalized spacial score (nSPS) is 12.6. The molecule has 3 N–H and O–H groups in total. The quantitative estimate of drug-likeness (QED) is 0.613. The van der Waals surface area contributed by atoms with Gasteiger partial charge in [-0.25, -0.2) is 0 Å². The molecule has 17 heavy (non-hydrogen) atoms. The summed E-state index contributed by atoms with van der Waals surface area (Å²) < 4.78 is 5.30. The highest BCUT2D eigenvalue weighted by atomic mass is 16.3. The van der Waals surface area contributed by atoms with E-state index in [0.717, 1.165) is 24.2 Å². The molecule has 1 atom stereocenters. The van der Waals surface area contributed by atoms with Crippen LogP contribution in [0.3, 0.4) is 0 Å². The number of furan rings is 1. The lowest BCUT2D eigenvalue weighted by Gasteiger charge is -2.15. The third-order valence-electron chi connectivity index (χ3n) is 3.04. The van der Waals surface area contributed by atoms with Gasteiger partial charge in [0.1, 0.15) is 5.76 Å². The van der Waals surface area contributed by atoms with Gasteiger partial charge in [0.25, 0.3) is 0 Å². The van der Waals surface area contributed by atoms with E-state index in [2.05, 4.69) is 29.7 Å². The molecule has 1 aromatic heterocycles. The van der Waals surface area contributed by atoms with E-state index in [9.17, 15) is 0 Å². The molecule has 0 fully saturated rings. The third kappa shape index (κ3) is 2.96. The van der Waals surface area contributed by atoms with Crippen molar-refractivity contribution in [1.29, 1.82) is 0 Å². The van der Waals surface area contributed by atoms with Crippen molar-refractivity contribution in [3.8, 4) is 0 Å². The van der Waals surface area contributed by atoms with Gasteiger partial charge in [-0.1, -0.05) is 30.3 Å². The van der Waals surface area contributed by atoms with Crippen molar-refractivity contribution in [2.45, 2.75) is 25.8 Å². The topological polar surface area (TPSA) is 51.2 Å². The van der Waals surface area contributed by atoms with Gasteiger partial charge in [0.15, 0.2) is 0 Å². The third-order valence-corrected chi connectivity index (χ3v) is 3.04. The minimum Gasteiger partial charge on any atom is -0.469 e. The molecular weight excluding hydrogens is 212 g/mol. The van der Waals surface area contributed by atoms with Crippen molar-refractivity contribution < 1.29 is 4.42 Å². The zero-order valence-electron chi connectivity index (χ0n) is 10.0. The SMILES string of the molecule is Cc1occc1C(CCc1ccccc1)NN. The molecule has 1 unspecified atom stereocenters. The Morgan fingerprint density at radius 2 is 2.00 bits per heavy atom. The standard InChI is InChI=1S/C14H18N2O/c1-11-13(9-10-17-11)14(16-15)8-7-12-5-3-2-4-6-12/h2-6,9-10,14,16H,7-8,15H2,1H3. The van der Waals surface area contributed by atoms with Crippen molar-refractivity contribution >= 4 is 0 Å². The second-order valence-electron chi connectivity index (χ2n) is 4.18. The van der Waals surface area contributed by atoms with E-state index in [-0.39, 0.29) is 6.04 Å². The van der Waals surface area contributed by atoms with E-state index in [1.54, 1.807) is 6.26 Å². The van der Waals surface area contributed by atoms with Gasteiger partial charge in [-0.2, -0.15) is 0 Å². The summed E-state index contributed by atoms with van der Waals surface area (Å²) in [5.41, 5.74) is 5.33. The molecule has 0 saturated carbocycles. The summed E-state index contributed by atoms with van der Waals surface area (Å²) >= 11 is 0. The van der Waals surface area contributed by atoms with Crippen LogP contribution in [0.2, 0.25) is 0 Å². The molecule has 0 amide bonds. The first kappa shape index (κ1) is 11.9. The molecule has 1 aromatic carbocycles. The van der Waals surface area contributed by atoms with Crippen molar-refractivity contribution in [2.75, 3.05) is 0 Å². The molecule has 90 valence electrons. The van der Waals surface area contributed by atoms with Gasteiger partial charge in [0.05, 0.1) is 6.26 Å². The summed E-state index contributed by atoms with van der Waals surface area (Å²) in [4.78, 5) is 0. The lowest BCUT2D eigenvalue weighted by Crippen LogP contribution is -2.28. The lowest BCUT2D eigenvalue weighted by molar-refractivity contribution is 0.485. The predicted molar refractivity (Wildman–Crippen MR) is 68.3 cm³/mol. The second-order valence-corrected chi connectivity index (χ2v) is 4.18. The molecule has 0 aliphatic rings. The minimum absolute atomic E-state index is 0.147. The highest BCUT2D eigenvalue weighted by molar-refractivity contribution is 5.21. The number of hydrogen-bond acceptors (Lipinski definition) is 3. The maximum absolute atomic E-state index is 5.61. The van der Waals surface area contributed by atoms with Crippen LogP contribution in [0.5, 0.6) is 0 Å². The monoisotopic (exact) mass is 230 g/mol. The first-order chi connectivity index (χ1) is 8.31. The first-order valence-corrected chi connectivity index (χ1v) is 5.85. The number of nitrogens with two attached hydrogens (primary N) is 1. The molecule has 1 heterocycles. The largest absolute Gasteiger partial charge is 0.469 e. The number of rotatable bonds is 5. The summed E-state index contributed by atoms with van der Waals surface area (Å²) in [7, 11) is 0. The van der Waals surface area contributed by atoms with E-state index in [4.69, 9.17) is 10.3 Å². The predicted octanol–water partition coefficient (Wildman–Crippen LogP) is 2.73. The van der Waals surface area contributed by atoms with Gasteiger partial charge in [0, 0.05) is 11.6 Å². The van der Waals surface area contributed by atoms with E-state index in [0.29, 0.717) is 0 Å². The Bertz CT molecular complexity index is 450. The molecule has 0 bridgehead atoms. The van der Waals surface area contributed by atoms with Crippen LogP contribution in [0.15, 0.2) is 47.1 Å². The zero-order chi connectivity index (χ0) is 12.1. The van der Waals surface area contributed by atoms with Crippen molar-refractivity contribution in [3.63, 3.8) is 0 Å². The number of hydrazine groups is 1. The van der Waals surface area contributed by atoms with Gasteiger partial charge in [0.2, 0.25) is 0 Å². The molecule has 3 heteroatoms. The highest BCUT2D eigenvalue weighted by Gasteiger charge is 2.13. The van der Waals surface area contributed by atoms with Crippen molar-refractivity contribution in [1.82, 2.24) is 5.43 Å². The average molecular weight is 230 g/mol. The van der Waals surface area contributed by atoms with Crippen LogP contribution >= 0.6 is 0 Å². The Labute approximate surface area is 102 Å². The summed E-state index contributed by atoms with van der Waals surface area (Å²) in [6.45, 7) is 1.96. The van der Waals surface area contributed by atoms with Crippen LogP contribution in [0, 0.1) is 6.92 Å². The fourth-order valence-corrected chi connectivity index (χ4v) is 2.04. The number of aryl methyl sites for hydroxylation is 2. The fourth-order valence-electron chi connectivity index (χ4n) is 2.04. The summed E-state index contributed by atoms with van der Waals surface area (Å²) in [6, 6.07) is 12.5. The lowest BCUT2D eigenvalue weighted by atomic mass is 10.00. The van der Waals surface area contributed by atoms with Crippen molar-refractivity contribution in [3.05, 3.63) is 59.5 Å². The van der Waals surface area contributed by atoms with E-state index in [1.165, 1.54) is 5.56 Å². The molecular formula is C14H18N2O. The minimum atomic E-state index is 0.147. The molecule has 0 aliphatic carbocycles. The Balaban J connectivity index is 2.00. The summed E-state index contributed by atoms with van der Waals surface area (Å²) in [5.74, 6) is 6.54. The Kier molecular flexibility index (Phi) is 3.96. The molecule has 2 rings (SSSR count). The van der Waals surface area contributed by atoms with Crippen LogP contribution in [0.1, 0.15) is 29.3 Å². The van der Waals surface area contributed by atoms with Crippen LogP contribution in [-0.2, 0) is 6.42 Å². The first-order valence-electron chi connectivity index (χ1n) is 5.85. The molecule has 0 radical (unpaired) electrons. The van der Waals surface area contributed by atoms with Gasteiger partial charge in [-0.15, -0.1) is 0 Å². The number of benzene rings is 1. The number of nitrogens with one attached hydrogen (secondary N) is 1. The van der Waals surface area contributed by atoms with Crippen LogP contribution in [0.25, 0.3) is 0 Å². The van der Waals surface area contributed by atoms with E-state index >= 15 is 0 Å².